The maximum atomic E-state index is 12.5. The van der Waals surface area contributed by atoms with Crippen molar-refractivity contribution in [2.45, 2.75) is 52.7 Å². The van der Waals surface area contributed by atoms with Gasteiger partial charge in [0.15, 0.2) is 0 Å². The topological polar surface area (TPSA) is 67.4 Å². The van der Waals surface area contributed by atoms with Gasteiger partial charge in [0.2, 0.25) is 0 Å². The van der Waals surface area contributed by atoms with E-state index in [1.54, 1.807) is 42.5 Å². The summed E-state index contributed by atoms with van der Waals surface area (Å²) in [4.78, 5) is 24.6. The summed E-state index contributed by atoms with van der Waals surface area (Å²) < 4.78 is 5.76. The fourth-order valence-corrected chi connectivity index (χ4v) is 2.35. The van der Waals surface area contributed by atoms with Gasteiger partial charge in [0.05, 0.1) is 6.10 Å². The zero-order chi connectivity index (χ0) is 20.0. The fourth-order valence-electron chi connectivity index (χ4n) is 2.35. The van der Waals surface area contributed by atoms with Crippen molar-refractivity contribution in [3.63, 3.8) is 0 Å². The Bertz CT molecular complexity index is 792. The molecular formula is C22H28N2O3. The van der Waals surface area contributed by atoms with Gasteiger partial charge < -0.3 is 15.4 Å². The largest absolute Gasteiger partial charge is 0.491 e. The molecular weight excluding hydrogens is 340 g/mol. The van der Waals surface area contributed by atoms with Crippen LogP contribution in [0.4, 0.5) is 5.69 Å². The molecule has 5 heteroatoms. The molecule has 0 bridgehead atoms. The highest BCUT2D eigenvalue weighted by atomic mass is 16.5. The lowest BCUT2D eigenvalue weighted by Crippen LogP contribution is -2.40. The van der Waals surface area contributed by atoms with Crippen molar-refractivity contribution < 1.29 is 14.3 Å². The minimum absolute atomic E-state index is 0.0927. The van der Waals surface area contributed by atoms with E-state index < -0.39 is 0 Å². The normalized spacial score (nSPS) is 12.2. The van der Waals surface area contributed by atoms with E-state index in [0.29, 0.717) is 22.6 Å². The van der Waals surface area contributed by atoms with E-state index >= 15 is 0 Å². The predicted molar refractivity (Wildman–Crippen MR) is 108 cm³/mol. The Morgan fingerprint density at radius 3 is 2.26 bits per heavy atom. The SMILES string of the molecule is CCC(C)Oc1cccc(C(=O)Nc2ccc(C(=O)NC(C)(C)C)cc2)c1. The zero-order valence-corrected chi connectivity index (χ0v) is 16.6. The first-order valence-corrected chi connectivity index (χ1v) is 9.18. The van der Waals surface area contributed by atoms with E-state index in [-0.39, 0.29) is 23.5 Å². The average molecular weight is 368 g/mol. The number of anilines is 1. The van der Waals surface area contributed by atoms with Crippen molar-refractivity contribution in [3.05, 3.63) is 59.7 Å². The van der Waals surface area contributed by atoms with Crippen LogP contribution in [0, 0.1) is 0 Å². The molecule has 2 aromatic rings. The van der Waals surface area contributed by atoms with Gasteiger partial charge >= 0.3 is 0 Å². The summed E-state index contributed by atoms with van der Waals surface area (Å²) in [6.45, 7) is 9.83. The van der Waals surface area contributed by atoms with Crippen LogP contribution in [0.3, 0.4) is 0 Å². The van der Waals surface area contributed by atoms with Crippen LogP contribution in [-0.2, 0) is 0 Å². The van der Waals surface area contributed by atoms with Crippen LogP contribution in [0.5, 0.6) is 5.75 Å². The minimum Gasteiger partial charge on any atom is -0.491 e. The van der Waals surface area contributed by atoms with Crippen LogP contribution in [0.15, 0.2) is 48.5 Å². The average Bonchev–Trinajstić information content (AvgIpc) is 2.61. The number of rotatable bonds is 6. The lowest BCUT2D eigenvalue weighted by atomic mass is 10.1. The number of carbonyl (C=O) groups is 2. The highest BCUT2D eigenvalue weighted by molar-refractivity contribution is 6.04. The van der Waals surface area contributed by atoms with Crippen LogP contribution in [0.1, 0.15) is 61.8 Å². The van der Waals surface area contributed by atoms with Crippen LogP contribution in [-0.4, -0.2) is 23.5 Å². The Morgan fingerprint density at radius 2 is 1.67 bits per heavy atom. The Balaban J connectivity index is 2.04. The quantitative estimate of drug-likeness (QED) is 0.780. The van der Waals surface area contributed by atoms with Crippen LogP contribution in [0.2, 0.25) is 0 Å². The Labute approximate surface area is 161 Å². The molecule has 0 radical (unpaired) electrons. The molecule has 0 aliphatic rings. The van der Waals surface area contributed by atoms with Gasteiger partial charge in [0.25, 0.3) is 11.8 Å². The molecule has 0 saturated heterocycles. The molecule has 2 N–H and O–H groups in total. The monoisotopic (exact) mass is 368 g/mol. The van der Waals surface area contributed by atoms with Gasteiger partial charge in [-0.1, -0.05) is 13.0 Å². The summed E-state index contributed by atoms with van der Waals surface area (Å²) in [5.41, 5.74) is 1.39. The van der Waals surface area contributed by atoms with Gasteiger partial charge in [-0.15, -0.1) is 0 Å². The number of ether oxygens (including phenoxy) is 1. The van der Waals surface area contributed by atoms with E-state index in [4.69, 9.17) is 4.74 Å². The Kier molecular flexibility index (Phi) is 6.61. The number of hydrogen-bond acceptors (Lipinski definition) is 3. The summed E-state index contributed by atoms with van der Waals surface area (Å²) in [5, 5.41) is 5.75. The first-order valence-electron chi connectivity index (χ1n) is 9.18. The summed E-state index contributed by atoms with van der Waals surface area (Å²) in [5.74, 6) is 0.304. The van der Waals surface area contributed by atoms with Gasteiger partial charge in [-0.3, -0.25) is 9.59 Å². The number of carbonyl (C=O) groups excluding carboxylic acids is 2. The molecule has 144 valence electrons. The third-order valence-corrected chi connectivity index (χ3v) is 3.90. The summed E-state index contributed by atoms with van der Waals surface area (Å²) in [6, 6.07) is 13.9. The van der Waals surface area contributed by atoms with E-state index in [0.717, 1.165) is 6.42 Å². The van der Waals surface area contributed by atoms with E-state index in [9.17, 15) is 9.59 Å². The van der Waals surface area contributed by atoms with Gasteiger partial charge in [0.1, 0.15) is 5.75 Å². The number of hydrogen-bond donors (Lipinski definition) is 2. The van der Waals surface area contributed by atoms with Gasteiger partial charge in [0, 0.05) is 22.4 Å². The molecule has 1 unspecified atom stereocenters. The van der Waals surface area contributed by atoms with Gasteiger partial charge in [-0.2, -0.15) is 0 Å². The first kappa shape index (κ1) is 20.5. The van der Waals surface area contributed by atoms with Crippen LogP contribution >= 0.6 is 0 Å². The van der Waals surface area contributed by atoms with Crippen molar-refractivity contribution in [2.75, 3.05) is 5.32 Å². The van der Waals surface area contributed by atoms with Gasteiger partial charge in [-0.05, 0) is 76.6 Å². The number of benzene rings is 2. The predicted octanol–water partition coefficient (Wildman–Crippen LogP) is 4.64. The molecule has 0 spiro atoms. The molecule has 2 aromatic carbocycles. The van der Waals surface area contributed by atoms with Crippen molar-refractivity contribution in [1.29, 1.82) is 0 Å². The maximum Gasteiger partial charge on any atom is 0.255 e. The van der Waals surface area contributed by atoms with E-state index in [2.05, 4.69) is 10.6 Å². The molecule has 0 heterocycles. The fraction of sp³-hybridized carbons (Fsp3) is 0.364. The Morgan fingerprint density at radius 1 is 1.00 bits per heavy atom. The first-order chi connectivity index (χ1) is 12.7. The third-order valence-electron chi connectivity index (χ3n) is 3.90. The van der Waals surface area contributed by atoms with Crippen molar-refractivity contribution in [1.82, 2.24) is 5.32 Å². The molecule has 2 rings (SSSR count). The lowest BCUT2D eigenvalue weighted by Gasteiger charge is -2.20. The van der Waals surface area contributed by atoms with E-state index in [1.165, 1.54) is 0 Å². The van der Waals surface area contributed by atoms with Crippen molar-refractivity contribution in [3.8, 4) is 5.75 Å². The number of amides is 2. The zero-order valence-electron chi connectivity index (χ0n) is 16.6. The summed E-state index contributed by atoms with van der Waals surface area (Å²) in [7, 11) is 0. The highest BCUT2D eigenvalue weighted by Crippen LogP contribution is 2.18. The molecule has 27 heavy (non-hydrogen) atoms. The van der Waals surface area contributed by atoms with Crippen LogP contribution in [0.25, 0.3) is 0 Å². The molecule has 0 aliphatic heterocycles. The lowest BCUT2D eigenvalue weighted by molar-refractivity contribution is 0.0919. The molecule has 1 atom stereocenters. The smallest absolute Gasteiger partial charge is 0.255 e. The molecule has 0 aromatic heterocycles. The van der Waals surface area contributed by atoms with Crippen LogP contribution < -0.4 is 15.4 Å². The second kappa shape index (κ2) is 8.71. The minimum atomic E-state index is -0.299. The molecule has 2 amide bonds. The second-order valence-electron chi connectivity index (χ2n) is 7.60. The Hall–Kier alpha value is -2.82. The number of nitrogens with one attached hydrogen (secondary N) is 2. The highest BCUT2D eigenvalue weighted by Gasteiger charge is 2.15. The molecule has 0 fully saturated rings. The van der Waals surface area contributed by atoms with Gasteiger partial charge in [-0.25, -0.2) is 0 Å². The van der Waals surface area contributed by atoms with Crippen molar-refractivity contribution in [2.24, 2.45) is 0 Å². The van der Waals surface area contributed by atoms with Crippen molar-refractivity contribution >= 4 is 17.5 Å². The summed E-state index contributed by atoms with van der Waals surface area (Å²) in [6.07, 6.45) is 0.987. The van der Waals surface area contributed by atoms with E-state index in [1.807, 2.05) is 40.7 Å². The summed E-state index contributed by atoms with van der Waals surface area (Å²) >= 11 is 0. The second-order valence-corrected chi connectivity index (χ2v) is 7.60. The molecule has 0 saturated carbocycles. The molecule has 0 aliphatic carbocycles. The molecule has 5 nitrogen and oxygen atoms in total. The standard InChI is InChI=1S/C22H28N2O3/c1-6-15(2)27-19-9-7-8-17(14-19)20(25)23-18-12-10-16(11-13-18)21(26)24-22(3,4)5/h7-15H,6H2,1-5H3,(H,23,25)(H,24,26). The third kappa shape index (κ3) is 6.44. The maximum absolute atomic E-state index is 12.5.